The van der Waals surface area contributed by atoms with Gasteiger partial charge in [-0.25, -0.2) is 0 Å². The van der Waals surface area contributed by atoms with E-state index in [1.807, 2.05) is 5.06 Å². The first-order valence-corrected chi connectivity index (χ1v) is 7.70. The van der Waals surface area contributed by atoms with Crippen molar-refractivity contribution in [2.45, 2.75) is 88.1 Å². The zero-order chi connectivity index (χ0) is 12.6. The number of Topliss-reactive ketones (excluding diaryl/α,β-unsaturated/α-hetero) is 1. The molecule has 3 rings (SSSR count). The highest BCUT2D eigenvalue weighted by atomic mass is 16.5. The predicted octanol–water partition coefficient (Wildman–Crippen LogP) is 2.70. The van der Waals surface area contributed by atoms with E-state index in [0.29, 0.717) is 18.6 Å². The molecular formula is C15H26NO2+. The Morgan fingerprint density at radius 2 is 1.17 bits per heavy atom. The molecule has 1 saturated heterocycles. The lowest BCUT2D eigenvalue weighted by atomic mass is 9.66. The Kier molecular flexibility index (Phi) is 3.23. The van der Waals surface area contributed by atoms with Gasteiger partial charge in [-0.15, -0.1) is 0 Å². The van der Waals surface area contributed by atoms with Gasteiger partial charge in [-0.1, -0.05) is 43.6 Å². The molecule has 0 radical (unpaired) electrons. The Bertz CT molecular complexity index is 297. The molecule has 3 heteroatoms. The summed E-state index contributed by atoms with van der Waals surface area (Å²) in [6.45, 7) is 0. The van der Waals surface area contributed by atoms with Crippen LogP contribution >= 0.6 is 0 Å². The predicted molar refractivity (Wildman–Crippen MR) is 71.3 cm³/mol. The van der Waals surface area contributed by atoms with E-state index < -0.39 is 0 Å². The van der Waals surface area contributed by atoms with Crippen molar-refractivity contribution in [2.75, 3.05) is 0 Å². The van der Waals surface area contributed by atoms with Crippen molar-refractivity contribution >= 4 is 5.78 Å². The molecule has 0 atom stereocenters. The third-order valence-corrected chi connectivity index (χ3v) is 5.57. The van der Waals surface area contributed by atoms with Gasteiger partial charge < -0.3 is 5.21 Å². The smallest absolute Gasteiger partial charge is 0.137 e. The first-order valence-electron chi connectivity index (χ1n) is 7.70. The van der Waals surface area contributed by atoms with Crippen LogP contribution in [0.3, 0.4) is 0 Å². The van der Waals surface area contributed by atoms with Gasteiger partial charge in [0.05, 0.1) is 11.1 Å². The lowest BCUT2D eigenvalue weighted by molar-refractivity contribution is -0.270. The first kappa shape index (κ1) is 12.6. The minimum Gasteiger partial charge on any atom is -0.338 e. The van der Waals surface area contributed by atoms with Crippen molar-refractivity contribution in [2.24, 2.45) is 0 Å². The molecule has 3 nitrogen and oxygen atoms in total. The highest BCUT2D eigenvalue weighted by Crippen LogP contribution is 2.49. The lowest BCUT2D eigenvalue weighted by Gasteiger charge is -2.53. The Hall–Kier alpha value is -0.410. The first-order chi connectivity index (χ1) is 8.67. The van der Waals surface area contributed by atoms with E-state index in [1.54, 1.807) is 0 Å². The monoisotopic (exact) mass is 252 g/mol. The topological polar surface area (TPSA) is 43.2 Å². The maximum absolute atomic E-state index is 12.2. The van der Waals surface area contributed by atoms with Crippen LogP contribution in [0.5, 0.6) is 0 Å². The standard InChI is InChI=1S/C15H25NO2/c17-13-11-14(7-3-1-4-8-14)16(18)15(12-13)9-5-2-6-10-15/h18H,1-12H2/p+1. The van der Waals surface area contributed by atoms with E-state index >= 15 is 0 Å². The maximum Gasteiger partial charge on any atom is 0.137 e. The molecule has 1 heterocycles. The molecular weight excluding hydrogens is 226 g/mol. The van der Waals surface area contributed by atoms with Gasteiger partial charge in [0, 0.05) is 12.8 Å². The molecule has 3 fully saturated rings. The SMILES string of the molecule is O=C1CC2(CCCCC2)N([OH2+])C2(CCCCC2)C1. The van der Waals surface area contributed by atoms with Crippen LogP contribution in [0.1, 0.15) is 77.0 Å². The second kappa shape index (κ2) is 4.61. The fraction of sp³-hybridized carbons (Fsp3) is 0.933. The molecule has 0 aromatic rings. The van der Waals surface area contributed by atoms with Gasteiger partial charge in [-0.2, -0.15) is 0 Å². The number of ketones is 1. The van der Waals surface area contributed by atoms with Crippen LogP contribution in [0.15, 0.2) is 0 Å². The molecule has 102 valence electrons. The number of hydroxylamine groups is 2. The van der Waals surface area contributed by atoms with E-state index in [-0.39, 0.29) is 11.1 Å². The minimum absolute atomic E-state index is 0.0923. The van der Waals surface area contributed by atoms with Crippen molar-refractivity contribution in [1.82, 2.24) is 5.06 Å². The Morgan fingerprint density at radius 1 is 0.778 bits per heavy atom. The second-order valence-electron chi connectivity index (χ2n) is 6.80. The number of piperidine rings is 1. The van der Waals surface area contributed by atoms with Gasteiger partial charge in [0.25, 0.3) is 0 Å². The Balaban J connectivity index is 1.89. The number of hydrogen-bond donors (Lipinski definition) is 0. The molecule has 2 aliphatic carbocycles. The van der Waals surface area contributed by atoms with Crippen LogP contribution in [0.4, 0.5) is 0 Å². The zero-order valence-electron chi connectivity index (χ0n) is 11.3. The third kappa shape index (κ3) is 1.92. The van der Waals surface area contributed by atoms with Gasteiger partial charge in [0.15, 0.2) is 0 Å². The normalized spacial score (nSPS) is 31.9. The summed E-state index contributed by atoms with van der Waals surface area (Å²) in [4.78, 5) is 12.2. The number of nitrogens with zero attached hydrogens (tertiary/aromatic N) is 1. The van der Waals surface area contributed by atoms with Gasteiger partial charge in [0.1, 0.15) is 5.78 Å². The number of hydrogen-bond acceptors (Lipinski definition) is 2. The fourth-order valence-corrected chi connectivity index (χ4v) is 4.68. The van der Waals surface area contributed by atoms with Gasteiger partial charge in [0.2, 0.25) is 0 Å². The zero-order valence-corrected chi connectivity index (χ0v) is 11.3. The fourth-order valence-electron chi connectivity index (χ4n) is 4.68. The highest BCUT2D eigenvalue weighted by Gasteiger charge is 2.57. The van der Waals surface area contributed by atoms with E-state index in [0.717, 1.165) is 25.7 Å². The summed E-state index contributed by atoms with van der Waals surface area (Å²) in [5.74, 6) is 0.433. The summed E-state index contributed by atoms with van der Waals surface area (Å²) in [6.07, 6.45) is 13.0. The summed E-state index contributed by atoms with van der Waals surface area (Å²) < 4.78 is 0. The quantitative estimate of drug-likeness (QED) is 0.622. The number of carbonyl (C=O) groups is 1. The summed E-state index contributed by atoms with van der Waals surface area (Å²) in [5, 5.41) is 10.7. The molecule has 2 saturated carbocycles. The maximum atomic E-state index is 12.2. The molecule has 0 aromatic carbocycles. The molecule has 0 bridgehead atoms. The van der Waals surface area contributed by atoms with Crippen LogP contribution in [0, 0.1) is 0 Å². The second-order valence-corrected chi connectivity index (χ2v) is 6.80. The number of rotatable bonds is 0. The highest BCUT2D eigenvalue weighted by molar-refractivity contribution is 5.82. The van der Waals surface area contributed by atoms with Crippen molar-refractivity contribution in [3.8, 4) is 0 Å². The Labute approximate surface area is 110 Å². The molecule has 3 aliphatic rings. The van der Waals surface area contributed by atoms with Crippen LogP contribution < -0.4 is 0 Å². The molecule has 0 aromatic heterocycles. The van der Waals surface area contributed by atoms with E-state index in [9.17, 15) is 4.79 Å². The average Bonchev–Trinajstić information content (AvgIpc) is 2.38. The largest absolute Gasteiger partial charge is 0.338 e. The molecule has 18 heavy (non-hydrogen) atoms. The molecule has 0 unspecified atom stereocenters. The third-order valence-electron chi connectivity index (χ3n) is 5.57. The van der Waals surface area contributed by atoms with Gasteiger partial charge >= 0.3 is 0 Å². The van der Waals surface area contributed by atoms with Crippen molar-refractivity contribution in [1.29, 1.82) is 0 Å². The van der Waals surface area contributed by atoms with E-state index in [1.165, 1.54) is 38.5 Å². The van der Waals surface area contributed by atoms with Crippen LogP contribution in [0.25, 0.3) is 0 Å². The van der Waals surface area contributed by atoms with Crippen LogP contribution in [-0.4, -0.2) is 27.1 Å². The molecule has 0 amide bonds. The van der Waals surface area contributed by atoms with E-state index in [2.05, 4.69) is 0 Å². The van der Waals surface area contributed by atoms with Crippen molar-refractivity contribution in [3.63, 3.8) is 0 Å². The van der Waals surface area contributed by atoms with Gasteiger partial charge in [-0.05, 0) is 25.7 Å². The molecule has 2 N–H and O–H groups in total. The summed E-state index contributed by atoms with van der Waals surface area (Å²) in [5.41, 5.74) is -0.185. The minimum atomic E-state index is -0.0923. The summed E-state index contributed by atoms with van der Waals surface area (Å²) in [7, 11) is 0. The van der Waals surface area contributed by atoms with Crippen LogP contribution in [-0.2, 0) is 4.79 Å². The summed E-state index contributed by atoms with van der Waals surface area (Å²) >= 11 is 0. The van der Waals surface area contributed by atoms with Crippen LogP contribution in [0.2, 0.25) is 0 Å². The average molecular weight is 252 g/mol. The molecule has 1 aliphatic heterocycles. The number of carbonyl (C=O) groups excluding carboxylic acids is 1. The van der Waals surface area contributed by atoms with E-state index in [4.69, 9.17) is 5.21 Å². The van der Waals surface area contributed by atoms with Crippen molar-refractivity contribution < 1.29 is 10.0 Å². The van der Waals surface area contributed by atoms with Crippen molar-refractivity contribution in [3.05, 3.63) is 0 Å². The van der Waals surface area contributed by atoms with Gasteiger partial charge in [-0.3, -0.25) is 4.79 Å². The Morgan fingerprint density at radius 3 is 1.56 bits per heavy atom. The molecule has 2 spiro atoms. The summed E-state index contributed by atoms with van der Waals surface area (Å²) in [6, 6.07) is 0. The lowest BCUT2D eigenvalue weighted by Crippen LogP contribution is -2.65.